The quantitative estimate of drug-likeness (QED) is 0.857. The molecule has 6 nitrogen and oxygen atoms in total. The van der Waals surface area contributed by atoms with Crippen LogP contribution in [0, 0.1) is 12.8 Å². The second-order valence-corrected chi connectivity index (χ2v) is 6.91. The van der Waals surface area contributed by atoms with Gasteiger partial charge in [0, 0.05) is 30.1 Å². The molecule has 1 aliphatic heterocycles. The van der Waals surface area contributed by atoms with Gasteiger partial charge in [0.25, 0.3) is 0 Å². The van der Waals surface area contributed by atoms with E-state index < -0.39 is 0 Å². The zero-order valence-corrected chi connectivity index (χ0v) is 14.8. The Morgan fingerprint density at radius 1 is 1.42 bits per heavy atom. The van der Waals surface area contributed by atoms with Crippen LogP contribution in [-0.2, 0) is 6.42 Å². The molecule has 2 heterocycles. The fourth-order valence-electron chi connectivity index (χ4n) is 2.91. The zero-order valence-electron chi connectivity index (χ0n) is 14.0. The third kappa shape index (κ3) is 4.29. The molecule has 3 rings (SSSR count). The molecule has 0 radical (unpaired) electrons. The van der Waals surface area contributed by atoms with Crippen molar-refractivity contribution in [1.82, 2.24) is 15.0 Å². The van der Waals surface area contributed by atoms with Crippen LogP contribution in [-0.4, -0.2) is 40.4 Å². The Bertz CT molecular complexity index is 695. The number of hydrogen-bond acceptors (Lipinski definition) is 5. The highest BCUT2D eigenvalue weighted by Crippen LogP contribution is 2.23. The third-order valence-corrected chi connectivity index (χ3v) is 4.98. The molecule has 2 amide bonds. The number of aromatic nitrogens is 2. The number of nitrogens with zero attached hydrogens (tertiary/aromatic N) is 3. The average molecular weight is 346 g/mol. The summed E-state index contributed by atoms with van der Waals surface area (Å²) in [4.78, 5) is 19.7. The highest BCUT2D eigenvalue weighted by Gasteiger charge is 2.24. The Balaban J connectivity index is 1.49. The van der Waals surface area contributed by atoms with E-state index in [-0.39, 0.29) is 6.03 Å². The summed E-state index contributed by atoms with van der Waals surface area (Å²) in [5.41, 5.74) is 0.843. The first kappa shape index (κ1) is 16.8. The van der Waals surface area contributed by atoms with E-state index in [0.29, 0.717) is 17.6 Å². The minimum absolute atomic E-state index is 0.0275. The van der Waals surface area contributed by atoms with E-state index >= 15 is 0 Å². The van der Waals surface area contributed by atoms with Crippen LogP contribution in [0.1, 0.15) is 24.6 Å². The summed E-state index contributed by atoms with van der Waals surface area (Å²) in [7, 11) is 0. The normalized spacial score (nSPS) is 15.5. The highest BCUT2D eigenvalue weighted by atomic mass is 32.2. The first-order valence-corrected chi connectivity index (χ1v) is 9.35. The average Bonchev–Trinajstić information content (AvgIpc) is 3.00. The Labute approximate surface area is 146 Å². The van der Waals surface area contributed by atoms with Crippen LogP contribution in [0.2, 0.25) is 0 Å². The van der Waals surface area contributed by atoms with Gasteiger partial charge in [-0.05, 0) is 50.1 Å². The first-order chi connectivity index (χ1) is 11.6. The molecule has 24 heavy (non-hydrogen) atoms. The highest BCUT2D eigenvalue weighted by molar-refractivity contribution is 7.98. The minimum atomic E-state index is -0.0275. The Hall–Kier alpha value is -2.02. The number of amides is 2. The van der Waals surface area contributed by atoms with E-state index in [2.05, 4.69) is 15.5 Å². The fourth-order valence-corrected chi connectivity index (χ4v) is 3.37. The van der Waals surface area contributed by atoms with Crippen molar-refractivity contribution >= 4 is 23.5 Å². The second kappa shape index (κ2) is 7.70. The molecule has 1 aromatic carbocycles. The van der Waals surface area contributed by atoms with Gasteiger partial charge in [-0.15, -0.1) is 11.8 Å². The summed E-state index contributed by atoms with van der Waals surface area (Å²) in [6, 6.07) is 7.88. The molecule has 1 aliphatic rings. The monoisotopic (exact) mass is 346 g/mol. The Kier molecular flexibility index (Phi) is 5.40. The predicted octanol–water partition coefficient (Wildman–Crippen LogP) is 3.59. The number of thioether (sulfide) groups is 1. The molecule has 0 saturated carbocycles. The van der Waals surface area contributed by atoms with Crippen LogP contribution in [0.4, 0.5) is 10.5 Å². The van der Waals surface area contributed by atoms with Crippen molar-refractivity contribution in [1.29, 1.82) is 0 Å². The number of benzene rings is 1. The van der Waals surface area contributed by atoms with E-state index in [1.54, 1.807) is 11.8 Å². The Morgan fingerprint density at radius 2 is 2.21 bits per heavy atom. The van der Waals surface area contributed by atoms with Crippen LogP contribution >= 0.6 is 11.8 Å². The number of carbonyl (C=O) groups is 1. The van der Waals surface area contributed by atoms with E-state index in [0.717, 1.165) is 42.9 Å². The van der Waals surface area contributed by atoms with Gasteiger partial charge in [0.1, 0.15) is 0 Å². The molecule has 0 aliphatic carbocycles. The van der Waals surface area contributed by atoms with Crippen molar-refractivity contribution in [3.8, 4) is 0 Å². The van der Waals surface area contributed by atoms with Crippen molar-refractivity contribution < 1.29 is 9.32 Å². The number of piperidine rings is 1. The molecule has 1 fully saturated rings. The predicted molar refractivity (Wildman–Crippen MR) is 94.3 cm³/mol. The molecule has 7 heteroatoms. The summed E-state index contributed by atoms with van der Waals surface area (Å²) in [5, 5.41) is 6.81. The number of hydrogen-bond donors (Lipinski definition) is 1. The maximum atomic E-state index is 12.4. The number of urea groups is 1. The van der Waals surface area contributed by atoms with Crippen LogP contribution in [0.15, 0.2) is 33.7 Å². The van der Waals surface area contributed by atoms with E-state index in [1.807, 2.05) is 42.3 Å². The first-order valence-electron chi connectivity index (χ1n) is 8.13. The van der Waals surface area contributed by atoms with Gasteiger partial charge in [0.05, 0.1) is 0 Å². The molecule has 0 bridgehead atoms. The van der Waals surface area contributed by atoms with Gasteiger partial charge in [0.2, 0.25) is 5.89 Å². The fraction of sp³-hybridized carbons (Fsp3) is 0.471. The summed E-state index contributed by atoms with van der Waals surface area (Å²) in [6.45, 7) is 3.34. The van der Waals surface area contributed by atoms with Crippen LogP contribution < -0.4 is 5.32 Å². The molecule has 2 aromatic rings. The van der Waals surface area contributed by atoms with Crippen LogP contribution in [0.3, 0.4) is 0 Å². The number of anilines is 1. The Morgan fingerprint density at radius 3 is 2.88 bits per heavy atom. The maximum Gasteiger partial charge on any atom is 0.321 e. The van der Waals surface area contributed by atoms with Crippen molar-refractivity contribution in [2.45, 2.75) is 31.1 Å². The van der Waals surface area contributed by atoms with Crippen LogP contribution in [0.25, 0.3) is 0 Å². The second-order valence-electron chi connectivity index (χ2n) is 6.03. The lowest BCUT2D eigenvalue weighted by Gasteiger charge is -2.31. The number of aryl methyl sites for hydroxylation is 1. The smallest absolute Gasteiger partial charge is 0.321 e. The molecular weight excluding hydrogens is 324 g/mol. The van der Waals surface area contributed by atoms with Gasteiger partial charge in [0.15, 0.2) is 5.82 Å². The minimum Gasteiger partial charge on any atom is -0.339 e. The summed E-state index contributed by atoms with van der Waals surface area (Å²) in [6.07, 6.45) is 4.74. The maximum absolute atomic E-state index is 12.4. The summed E-state index contributed by atoms with van der Waals surface area (Å²) >= 11 is 1.66. The van der Waals surface area contributed by atoms with E-state index in [4.69, 9.17) is 4.52 Å². The zero-order chi connectivity index (χ0) is 16.9. The van der Waals surface area contributed by atoms with Crippen molar-refractivity contribution in [3.05, 3.63) is 36.0 Å². The van der Waals surface area contributed by atoms with Gasteiger partial charge in [-0.2, -0.15) is 4.98 Å². The largest absolute Gasteiger partial charge is 0.339 e. The lowest BCUT2D eigenvalue weighted by Crippen LogP contribution is -2.41. The van der Waals surface area contributed by atoms with Crippen molar-refractivity contribution in [3.63, 3.8) is 0 Å². The molecule has 128 valence electrons. The standard InChI is InChI=1S/C17H22N4O2S/c1-12-18-16(23-20-12)10-13-6-8-21(9-7-13)17(22)19-14-4-3-5-15(11-14)24-2/h3-5,11,13H,6-10H2,1-2H3,(H,19,22). The van der Waals surface area contributed by atoms with Gasteiger partial charge < -0.3 is 14.7 Å². The van der Waals surface area contributed by atoms with Crippen LogP contribution in [0.5, 0.6) is 0 Å². The summed E-state index contributed by atoms with van der Waals surface area (Å²) < 4.78 is 5.19. The molecule has 1 N–H and O–H groups in total. The summed E-state index contributed by atoms with van der Waals surface area (Å²) in [5.74, 6) is 1.87. The number of nitrogens with one attached hydrogen (secondary N) is 1. The number of likely N-dealkylation sites (tertiary alicyclic amines) is 1. The molecule has 0 unspecified atom stereocenters. The molecule has 0 atom stereocenters. The van der Waals surface area contributed by atoms with E-state index in [9.17, 15) is 4.79 Å². The number of carbonyl (C=O) groups excluding carboxylic acids is 1. The van der Waals surface area contributed by atoms with Gasteiger partial charge in [-0.25, -0.2) is 4.79 Å². The molecule has 1 aromatic heterocycles. The molecule has 0 spiro atoms. The van der Waals surface area contributed by atoms with E-state index in [1.165, 1.54) is 0 Å². The SMILES string of the molecule is CSc1cccc(NC(=O)N2CCC(Cc3nc(C)no3)CC2)c1. The lowest BCUT2D eigenvalue weighted by atomic mass is 9.94. The topological polar surface area (TPSA) is 71.3 Å². The number of rotatable bonds is 4. The lowest BCUT2D eigenvalue weighted by molar-refractivity contribution is 0.179. The molecular formula is C17H22N4O2S. The van der Waals surface area contributed by atoms with Crippen molar-refractivity contribution in [2.24, 2.45) is 5.92 Å². The van der Waals surface area contributed by atoms with Gasteiger partial charge in [-0.3, -0.25) is 0 Å². The van der Waals surface area contributed by atoms with Crippen molar-refractivity contribution in [2.75, 3.05) is 24.7 Å². The molecule has 1 saturated heterocycles. The third-order valence-electron chi connectivity index (χ3n) is 4.26. The van der Waals surface area contributed by atoms with Gasteiger partial charge >= 0.3 is 6.03 Å². The van der Waals surface area contributed by atoms with Gasteiger partial charge in [-0.1, -0.05) is 11.2 Å².